The van der Waals surface area contributed by atoms with Crippen LogP contribution in [0.25, 0.3) is 10.9 Å². The lowest BCUT2D eigenvalue weighted by Crippen LogP contribution is -2.07. The first-order valence-electron chi connectivity index (χ1n) is 5.70. The number of rotatable bonds is 1. The predicted octanol–water partition coefficient (Wildman–Crippen LogP) is 3.71. The summed E-state index contributed by atoms with van der Waals surface area (Å²) in [7, 11) is 1.58. The predicted molar refractivity (Wildman–Crippen MR) is 73.6 cm³/mol. The molecule has 0 bridgehead atoms. The SMILES string of the molecule is COc1cc2c3c(cnc2c(Cl)c1Cl)CN[C@H]3C. The lowest BCUT2D eigenvalue weighted by molar-refractivity contribution is 0.415. The zero-order chi connectivity index (χ0) is 12.9. The number of pyridine rings is 1. The standard InChI is InChI=1S/C13H12Cl2N2O/c1-6-10-7(4-16-6)5-17-13-8(10)3-9(18-2)11(14)12(13)15/h3,5-6,16H,4H2,1-2H3/t6-/m0/s1. The van der Waals surface area contributed by atoms with E-state index in [-0.39, 0.29) is 6.04 Å². The summed E-state index contributed by atoms with van der Waals surface area (Å²) in [6.45, 7) is 2.96. The molecule has 0 unspecified atom stereocenters. The Bertz CT molecular complexity index is 643. The second kappa shape index (κ2) is 4.26. The molecule has 1 aromatic heterocycles. The number of hydrogen-bond donors (Lipinski definition) is 1. The van der Waals surface area contributed by atoms with Crippen molar-refractivity contribution in [1.82, 2.24) is 10.3 Å². The summed E-state index contributed by atoms with van der Waals surface area (Å²) in [5, 5.41) is 5.27. The highest BCUT2D eigenvalue weighted by Gasteiger charge is 2.23. The van der Waals surface area contributed by atoms with Gasteiger partial charge in [-0.25, -0.2) is 0 Å². The fourth-order valence-electron chi connectivity index (χ4n) is 2.48. The fraction of sp³-hybridized carbons (Fsp3) is 0.308. The molecule has 2 aromatic rings. The second-order valence-corrected chi connectivity index (χ2v) is 5.16. The summed E-state index contributed by atoms with van der Waals surface area (Å²) < 4.78 is 5.26. The van der Waals surface area contributed by atoms with Gasteiger partial charge in [0.1, 0.15) is 10.8 Å². The molecule has 5 heteroatoms. The van der Waals surface area contributed by atoms with Gasteiger partial charge in [-0.15, -0.1) is 0 Å². The van der Waals surface area contributed by atoms with Crippen molar-refractivity contribution in [3.05, 3.63) is 33.4 Å². The van der Waals surface area contributed by atoms with Crippen molar-refractivity contribution >= 4 is 34.1 Å². The van der Waals surface area contributed by atoms with Crippen LogP contribution in [0.5, 0.6) is 5.75 Å². The lowest BCUT2D eigenvalue weighted by atomic mass is 10.0. The molecule has 0 saturated carbocycles. The van der Waals surface area contributed by atoms with Gasteiger partial charge in [0.05, 0.1) is 17.6 Å². The third kappa shape index (κ3) is 1.58. The normalized spacial score (nSPS) is 18.1. The van der Waals surface area contributed by atoms with Crippen molar-refractivity contribution in [3.8, 4) is 5.75 Å². The third-order valence-corrected chi connectivity index (χ3v) is 4.22. The lowest BCUT2D eigenvalue weighted by Gasteiger charge is -2.12. The summed E-state index contributed by atoms with van der Waals surface area (Å²) >= 11 is 12.4. The van der Waals surface area contributed by atoms with Crippen LogP contribution in [0, 0.1) is 0 Å². The summed E-state index contributed by atoms with van der Waals surface area (Å²) in [4.78, 5) is 4.41. The Morgan fingerprint density at radius 2 is 2.17 bits per heavy atom. The van der Waals surface area contributed by atoms with Crippen LogP contribution in [0.4, 0.5) is 0 Å². The first-order valence-corrected chi connectivity index (χ1v) is 6.46. The number of nitrogens with one attached hydrogen (secondary N) is 1. The van der Waals surface area contributed by atoms with E-state index in [0.717, 1.165) is 17.4 Å². The highest BCUT2D eigenvalue weighted by atomic mass is 35.5. The van der Waals surface area contributed by atoms with Crippen molar-refractivity contribution in [2.45, 2.75) is 19.5 Å². The summed E-state index contributed by atoms with van der Waals surface area (Å²) in [5.41, 5.74) is 3.17. The highest BCUT2D eigenvalue weighted by molar-refractivity contribution is 6.46. The molecule has 1 aromatic carbocycles. The van der Waals surface area contributed by atoms with Gasteiger partial charge in [-0.05, 0) is 24.1 Å². The van der Waals surface area contributed by atoms with E-state index in [4.69, 9.17) is 27.9 Å². The second-order valence-electron chi connectivity index (χ2n) is 4.40. The van der Waals surface area contributed by atoms with Crippen LogP contribution in [0.1, 0.15) is 24.1 Å². The van der Waals surface area contributed by atoms with Crippen LogP contribution in [-0.4, -0.2) is 12.1 Å². The Balaban J connectivity index is 2.42. The van der Waals surface area contributed by atoms with E-state index >= 15 is 0 Å². The van der Waals surface area contributed by atoms with E-state index in [1.165, 1.54) is 11.1 Å². The van der Waals surface area contributed by atoms with Crippen LogP contribution in [-0.2, 0) is 6.54 Å². The van der Waals surface area contributed by atoms with Gasteiger partial charge < -0.3 is 10.1 Å². The van der Waals surface area contributed by atoms with Gasteiger partial charge in [-0.3, -0.25) is 4.98 Å². The molecule has 0 aliphatic carbocycles. The van der Waals surface area contributed by atoms with Gasteiger partial charge in [0.25, 0.3) is 0 Å². The van der Waals surface area contributed by atoms with Crippen LogP contribution in [0.2, 0.25) is 10.0 Å². The molecule has 3 rings (SSSR count). The van der Waals surface area contributed by atoms with Crippen LogP contribution >= 0.6 is 23.2 Å². The number of benzene rings is 1. The monoisotopic (exact) mass is 282 g/mol. The molecular weight excluding hydrogens is 271 g/mol. The number of ether oxygens (including phenoxy) is 1. The van der Waals surface area contributed by atoms with Crippen molar-refractivity contribution in [1.29, 1.82) is 0 Å². The number of nitrogens with zero attached hydrogens (tertiary/aromatic N) is 1. The number of methoxy groups -OCH3 is 1. The van der Waals surface area contributed by atoms with E-state index in [2.05, 4.69) is 17.2 Å². The van der Waals surface area contributed by atoms with Crippen LogP contribution < -0.4 is 10.1 Å². The summed E-state index contributed by atoms with van der Waals surface area (Å²) in [6.07, 6.45) is 1.86. The molecule has 0 saturated heterocycles. The van der Waals surface area contributed by atoms with Crippen LogP contribution in [0.3, 0.4) is 0 Å². The zero-order valence-corrected chi connectivity index (χ0v) is 11.6. The number of hydrogen-bond acceptors (Lipinski definition) is 3. The minimum absolute atomic E-state index is 0.285. The first-order chi connectivity index (χ1) is 8.63. The van der Waals surface area contributed by atoms with E-state index in [0.29, 0.717) is 15.8 Å². The zero-order valence-electron chi connectivity index (χ0n) is 10.1. The van der Waals surface area contributed by atoms with Crippen LogP contribution in [0.15, 0.2) is 12.3 Å². The molecule has 94 valence electrons. The average Bonchev–Trinajstić information content (AvgIpc) is 2.75. The number of aromatic nitrogens is 1. The topological polar surface area (TPSA) is 34.1 Å². The molecule has 1 aliphatic heterocycles. The van der Waals surface area contributed by atoms with Crippen molar-refractivity contribution < 1.29 is 4.74 Å². The molecule has 2 heterocycles. The largest absolute Gasteiger partial charge is 0.495 e. The van der Waals surface area contributed by atoms with Gasteiger partial charge in [0.2, 0.25) is 0 Å². The summed E-state index contributed by atoms with van der Waals surface area (Å²) in [5.74, 6) is 0.587. The maximum Gasteiger partial charge on any atom is 0.139 e. The smallest absolute Gasteiger partial charge is 0.139 e. The van der Waals surface area contributed by atoms with Gasteiger partial charge in [-0.2, -0.15) is 0 Å². The molecule has 1 N–H and O–H groups in total. The maximum atomic E-state index is 6.26. The Morgan fingerprint density at radius 1 is 1.39 bits per heavy atom. The molecule has 3 nitrogen and oxygen atoms in total. The van der Waals surface area contributed by atoms with Crippen molar-refractivity contribution in [2.75, 3.05) is 7.11 Å². The molecule has 18 heavy (non-hydrogen) atoms. The fourth-order valence-corrected chi connectivity index (χ4v) is 2.94. The van der Waals surface area contributed by atoms with E-state index in [1.54, 1.807) is 7.11 Å². The molecule has 1 aliphatic rings. The molecule has 0 fully saturated rings. The van der Waals surface area contributed by atoms with Crippen molar-refractivity contribution in [2.24, 2.45) is 0 Å². The van der Waals surface area contributed by atoms with Gasteiger partial charge in [-0.1, -0.05) is 23.2 Å². The molecule has 0 amide bonds. The number of fused-ring (bicyclic) bond motifs is 3. The van der Waals surface area contributed by atoms with E-state index in [9.17, 15) is 0 Å². The molecule has 0 radical (unpaired) electrons. The van der Waals surface area contributed by atoms with E-state index < -0.39 is 0 Å². The molecule has 1 atom stereocenters. The quantitative estimate of drug-likeness (QED) is 0.866. The van der Waals surface area contributed by atoms with Crippen molar-refractivity contribution in [3.63, 3.8) is 0 Å². The van der Waals surface area contributed by atoms with Gasteiger partial charge >= 0.3 is 0 Å². The first kappa shape index (κ1) is 12.0. The number of halogens is 2. The van der Waals surface area contributed by atoms with Gasteiger partial charge in [0, 0.05) is 24.2 Å². The molecular formula is C13H12Cl2N2O. The average molecular weight is 283 g/mol. The molecule has 0 spiro atoms. The third-order valence-electron chi connectivity index (χ3n) is 3.38. The van der Waals surface area contributed by atoms with Gasteiger partial charge in [0.15, 0.2) is 0 Å². The Labute approximate surface area is 115 Å². The van der Waals surface area contributed by atoms with E-state index in [1.807, 2.05) is 12.3 Å². The maximum absolute atomic E-state index is 6.26. The Kier molecular flexibility index (Phi) is 2.85. The Morgan fingerprint density at radius 3 is 2.89 bits per heavy atom. The Hall–Kier alpha value is -1.03. The minimum atomic E-state index is 0.285. The summed E-state index contributed by atoms with van der Waals surface area (Å²) in [6, 6.07) is 2.20. The minimum Gasteiger partial charge on any atom is -0.495 e. The highest BCUT2D eigenvalue weighted by Crippen LogP contribution is 2.41.